The Hall–Kier alpha value is -1.09. The number of alkyl halides is 1. The number of aryl methyl sites for hydroxylation is 3. The van der Waals surface area contributed by atoms with E-state index < -0.39 is 0 Å². The Labute approximate surface area is 124 Å². The van der Waals surface area contributed by atoms with Crippen molar-refractivity contribution in [3.05, 3.63) is 52.8 Å². The maximum absolute atomic E-state index is 4.53. The highest BCUT2D eigenvalue weighted by Gasteiger charge is 2.14. The van der Waals surface area contributed by atoms with Crippen molar-refractivity contribution in [2.45, 2.75) is 39.7 Å². The van der Waals surface area contributed by atoms with Gasteiger partial charge in [0.1, 0.15) is 0 Å². The molecular formula is C16H21BrN2. The van der Waals surface area contributed by atoms with Crippen molar-refractivity contribution < 1.29 is 0 Å². The molecule has 1 heterocycles. The molecule has 0 aliphatic heterocycles. The second-order valence-electron chi connectivity index (χ2n) is 5.06. The summed E-state index contributed by atoms with van der Waals surface area (Å²) >= 11 is 3.65. The van der Waals surface area contributed by atoms with Gasteiger partial charge in [-0.2, -0.15) is 5.10 Å². The first-order chi connectivity index (χ1) is 9.13. The maximum Gasteiger partial charge on any atom is 0.0596 e. The summed E-state index contributed by atoms with van der Waals surface area (Å²) in [7, 11) is 0. The summed E-state index contributed by atoms with van der Waals surface area (Å²) < 4.78 is 2.11. The molecule has 0 aliphatic carbocycles. The van der Waals surface area contributed by atoms with Crippen molar-refractivity contribution >= 4 is 15.9 Å². The quantitative estimate of drug-likeness (QED) is 0.753. The summed E-state index contributed by atoms with van der Waals surface area (Å²) in [5.74, 6) is 0.502. The topological polar surface area (TPSA) is 17.8 Å². The van der Waals surface area contributed by atoms with Crippen molar-refractivity contribution in [2.24, 2.45) is 0 Å². The van der Waals surface area contributed by atoms with E-state index in [9.17, 15) is 0 Å². The first-order valence-electron chi connectivity index (χ1n) is 6.80. The number of rotatable bonds is 5. The molecule has 0 radical (unpaired) electrons. The molecule has 0 N–H and O–H groups in total. The number of hydrogen-bond acceptors (Lipinski definition) is 1. The lowest BCUT2D eigenvalue weighted by atomic mass is 9.95. The van der Waals surface area contributed by atoms with Crippen molar-refractivity contribution in [3.8, 4) is 0 Å². The molecule has 2 aromatic rings. The molecule has 0 fully saturated rings. The zero-order valence-corrected chi connectivity index (χ0v) is 13.4. The molecule has 102 valence electrons. The molecule has 2 nitrogen and oxygen atoms in total. The monoisotopic (exact) mass is 320 g/mol. The zero-order valence-electron chi connectivity index (χ0n) is 11.9. The second kappa shape index (κ2) is 6.38. The number of aromatic nitrogens is 2. The lowest BCUT2D eigenvalue weighted by Gasteiger charge is -2.15. The Morgan fingerprint density at radius 3 is 2.47 bits per heavy atom. The van der Waals surface area contributed by atoms with Gasteiger partial charge in [-0.1, -0.05) is 45.8 Å². The Balaban J connectivity index is 2.21. The van der Waals surface area contributed by atoms with E-state index in [0.717, 1.165) is 24.0 Å². The molecule has 0 saturated heterocycles. The van der Waals surface area contributed by atoms with E-state index in [2.05, 4.69) is 76.8 Å². The van der Waals surface area contributed by atoms with Crippen molar-refractivity contribution in [2.75, 3.05) is 5.33 Å². The van der Waals surface area contributed by atoms with E-state index in [0.29, 0.717) is 5.92 Å². The van der Waals surface area contributed by atoms with Gasteiger partial charge in [-0.3, -0.25) is 4.68 Å². The second-order valence-corrected chi connectivity index (χ2v) is 5.71. The standard InChI is InChI=1S/C16H21BrN2/c1-4-19-16(9-13(3)18-19)10-15(11-17)14-7-5-12(2)6-8-14/h5-9,15H,4,10-11H2,1-3H3. The molecule has 1 atom stereocenters. The zero-order chi connectivity index (χ0) is 13.8. The van der Waals surface area contributed by atoms with Crippen LogP contribution in [0, 0.1) is 13.8 Å². The van der Waals surface area contributed by atoms with Crippen LogP contribution in [0.5, 0.6) is 0 Å². The summed E-state index contributed by atoms with van der Waals surface area (Å²) in [5.41, 5.74) is 5.13. The summed E-state index contributed by atoms with van der Waals surface area (Å²) in [6, 6.07) is 11.1. The van der Waals surface area contributed by atoms with Crippen LogP contribution in [0.3, 0.4) is 0 Å². The van der Waals surface area contributed by atoms with Gasteiger partial charge < -0.3 is 0 Å². The number of nitrogens with zero attached hydrogens (tertiary/aromatic N) is 2. The number of benzene rings is 1. The third kappa shape index (κ3) is 3.47. The van der Waals surface area contributed by atoms with Crippen LogP contribution in [-0.2, 0) is 13.0 Å². The minimum atomic E-state index is 0.502. The van der Waals surface area contributed by atoms with Crippen LogP contribution in [0.15, 0.2) is 30.3 Å². The smallest absolute Gasteiger partial charge is 0.0596 e. The molecule has 0 spiro atoms. The van der Waals surface area contributed by atoms with Gasteiger partial charge in [0, 0.05) is 17.6 Å². The highest BCUT2D eigenvalue weighted by Crippen LogP contribution is 2.24. The van der Waals surface area contributed by atoms with Crippen LogP contribution in [0.25, 0.3) is 0 Å². The average Bonchev–Trinajstić information content (AvgIpc) is 2.77. The molecule has 3 heteroatoms. The fraction of sp³-hybridized carbons (Fsp3) is 0.438. The molecular weight excluding hydrogens is 300 g/mol. The summed E-state index contributed by atoms with van der Waals surface area (Å²) in [5, 5.41) is 5.50. The third-order valence-corrected chi connectivity index (χ3v) is 4.26. The van der Waals surface area contributed by atoms with Crippen molar-refractivity contribution in [3.63, 3.8) is 0 Å². The largest absolute Gasteiger partial charge is 0.270 e. The number of halogens is 1. The predicted octanol–water partition coefficient (Wildman–Crippen LogP) is 4.24. The van der Waals surface area contributed by atoms with Crippen molar-refractivity contribution in [1.82, 2.24) is 9.78 Å². The molecule has 1 aromatic heterocycles. The van der Waals surface area contributed by atoms with Crippen LogP contribution in [0.2, 0.25) is 0 Å². The third-order valence-electron chi connectivity index (χ3n) is 3.48. The van der Waals surface area contributed by atoms with Gasteiger partial charge in [0.05, 0.1) is 5.69 Å². The highest BCUT2D eigenvalue weighted by atomic mass is 79.9. The Morgan fingerprint density at radius 1 is 1.21 bits per heavy atom. The van der Waals surface area contributed by atoms with Gasteiger partial charge >= 0.3 is 0 Å². The first kappa shape index (κ1) is 14.3. The molecule has 0 saturated carbocycles. The summed E-state index contributed by atoms with van der Waals surface area (Å²) in [6.45, 7) is 7.27. The molecule has 2 rings (SSSR count). The summed E-state index contributed by atoms with van der Waals surface area (Å²) in [4.78, 5) is 0. The molecule has 0 bridgehead atoms. The van der Waals surface area contributed by atoms with Crippen LogP contribution < -0.4 is 0 Å². The van der Waals surface area contributed by atoms with Gasteiger partial charge in [0.2, 0.25) is 0 Å². The molecule has 1 aromatic carbocycles. The first-order valence-corrected chi connectivity index (χ1v) is 7.92. The lowest BCUT2D eigenvalue weighted by Crippen LogP contribution is -2.10. The number of hydrogen-bond donors (Lipinski definition) is 0. The SMILES string of the molecule is CCn1nc(C)cc1CC(CBr)c1ccc(C)cc1. The molecule has 19 heavy (non-hydrogen) atoms. The average molecular weight is 321 g/mol. The van der Waals surface area contributed by atoms with Crippen LogP contribution >= 0.6 is 15.9 Å². The fourth-order valence-electron chi connectivity index (χ4n) is 2.39. The van der Waals surface area contributed by atoms with E-state index >= 15 is 0 Å². The minimum absolute atomic E-state index is 0.502. The Morgan fingerprint density at radius 2 is 1.89 bits per heavy atom. The lowest BCUT2D eigenvalue weighted by molar-refractivity contribution is 0.597. The van der Waals surface area contributed by atoms with E-state index in [-0.39, 0.29) is 0 Å². The molecule has 0 amide bonds. The highest BCUT2D eigenvalue weighted by molar-refractivity contribution is 9.09. The van der Waals surface area contributed by atoms with Crippen LogP contribution in [-0.4, -0.2) is 15.1 Å². The van der Waals surface area contributed by atoms with Crippen molar-refractivity contribution in [1.29, 1.82) is 0 Å². The van der Waals surface area contributed by atoms with Gasteiger partial charge in [-0.05, 0) is 44.7 Å². The van der Waals surface area contributed by atoms with Gasteiger partial charge in [0.25, 0.3) is 0 Å². The normalized spacial score (nSPS) is 12.6. The van der Waals surface area contributed by atoms with Crippen LogP contribution in [0.1, 0.15) is 35.4 Å². The van der Waals surface area contributed by atoms with E-state index in [1.807, 2.05) is 0 Å². The van der Waals surface area contributed by atoms with Gasteiger partial charge in [-0.25, -0.2) is 0 Å². The van der Waals surface area contributed by atoms with E-state index in [1.54, 1.807) is 0 Å². The Kier molecular flexibility index (Phi) is 4.81. The Bertz CT molecular complexity index is 528. The minimum Gasteiger partial charge on any atom is -0.270 e. The molecule has 0 aliphatic rings. The van der Waals surface area contributed by atoms with Crippen LogP contribution in [0.4, 0.5) is 0 Å². The molecule has 1 unspecified atom stereocenters. The van der Waals surface area contributed by atoms with Gasteiger partial charge in [-0.15, -0.1) is 0 Å². The fourth-order valence-corrected chi connectivity index (χ4v) is 2.99. The maximum atomic E-state index is 4.53. The van der Waals surface area contributed by atoms with E-state index in [4.69, 9.17) is 0 Å². The van der Waals surface area contributed by atoms with E-state index in [1.165, 1.54) is 16.8 Å². The predicted molar refractivity (Wildman–Crippen MR) is 84.1 cm³/mol. The van der Waals surface area contributed by atoms with Gasteiger partial charge in [0.15, 0.2) is 0 Å². The summed E-state index contributed by atoms with van der Waals surface area (Å²) in [6.07, 6.45) is 1.03.